The third-order valence-corrected chi connectivity index (χ3v) is 6.23. The molecule has 0 amide bonds. The average Bonchev–Trinajstić information content (AvgIpc) is 3.48. The minimum absolute atomic E-state index is 0.629. The number of aryl methyl sites for hydroxylation is 1. The molecule has 1 aliphatic rings. The smallest absolute Gasteiger partial charge is 0.190 e. The van der Waals surface area contributed by atoms with Crippen molar-refractivity contribution in [2.24, 2.45) is 4.99 Å². The van der Waals surface area contributed by atoms with Crippen molar-refractivity contribution in [3.8, 4) is 11.5 Å². The van der Waals surface area contributed by atoms with E-state index in [1.807, 2.05) is 20.0 Å². The molecular weight excluding hydrogens is 410 g/mol. The Balaban J connectivity index is 1.35. The summed E-state index contributed by atoms with van der Waals surface area (Å²) in [6.45, 7) is 6.57. The highest BCUT2D eigenvalue weighted by Crippen LogP contribution is 2.28. The summed E-state index contributed by atoms with van der Waals surface area (Å²) in [5.41, 5.74) is 2.39. The standard InChI is InChI=1S/C23H35N5O2S/c1-4-30-21-16-18(9-10-20(21)29-3)8-7-12-25-22(24-2)26-13-11-19-17-31-23(27-19)28-14-5-6-15-28/h9-10,16-17H,4-8,11-15H2,1-3H3,(H2,24,25,26). The van der Waals surface area contributed by atoms with Crippen molar-refractivity contribution in [1.29, 1.82) is 0 Å². The van der Waals surface area contributed by atoms with Gasteiger partial charge in [-0.05, 0) is 50.3 Å². The van der Waals surface area contributed by atoms with Crippen LogP contribution in [-0.2, 0) is 12.8 Å². The van der Waals surface area contributed by atoms with Gasteiger partial charge < -0.3 is 25.0 Å². The van der Waals surface area contributed by atoms with E-state index in [1.54, 1.807) is 18.4 Å². The first kappa shape index (κ1) is 23.2. The molecule has 0 saturated carbocycles. The summed E-state index contributed by atoms with van der Waals surface area (Å²) >= 11 is 1.76. The highest BCUT2D eigenvalue weighted by molar-refractivity contribution is 7.13. The van der Waals surface area contributed by atoms with Crippen LogP contribution in [0.15, 0.2) is 28.6 Å². The lowest BCUT2D eigenvalue weighted by atomic mass is 10.1. The Labute approximate surface area is 189 Å². The SMILES string of the molecule is CCOc1cc(CCCNC(=NC)NCCc2csc(N3CCCC3)n2)ccc1OC. The summed E-state index contributed by atoms with van der Waals surface area (Å²) in [5, 5.41) is 10.1. The molecule has 8 heteroatoms. The fourth-order valence-electron chi connectivity index (χ4n) is 3.64. The topological polar surface area (TPSA) is 71.0 Å². The molecule has 0 unspecified atom stereocenters. The number of aliphatic imine (C=N–C) groups is 1. The summed E-state index contributed by atoms with van der Waals surface area (Å²) in [5.74, 6) is 2.42. The van der Waals surface area contributed by atoms with Gasteiger partial charge in [-0.25, -0.2) is 4.98 Å². The third-order valence-electron chi connectivity index (χ3n) is 5.28. The van der Waals surface area contributed by atoms with Crippen molar-refractivity contribution < 1.29 is 9.47 Å². The molecular formula is C23H35N5O2S. The maximum absolute atomic E-state index is 5.66. The fraction of sp³-hybridized carbons (Fsp3) is 0.565. The second-order valence-corrected chi connectivity index (χ2v) is 8.35. The van der Waals surface area contributed by atoms with Gasteiger partial charge in [0.1, 0.15) is 0 Å². The maximum Gasteiger partial charge on any atom is 0.190 e. The van der Waals surface area contributed by atoms with Gasteiger partial charge in [0.15, 0.2) is 22.6 Å². The summed E-state index contributed by atoms with van der Waals surface area (Å²) in [4.78, 5) is 11.5. The first-order chi connectivity index (χ1) is 15.2. The molecule has 1 saturated heterocycles. The Bertz CT molecular complexity index is 833. The zero-order chi connectivity index (χ0) is 21.9. The molecule has 0 atom stereocenters. The molecule has 0 spiro atoms. The Morgan fingerprint density at radius 2 is 1.97 bits per heavy atom. The number of anilines is 1. The predicted octanol–water partition coefficient (Wildman–Crippen LogP) is 3.49. The van der Waals surface area contributed by atoms with E-state index >= 15 is 0 Å². The molecule has 0 bridgehead atoms. The largest absolute Gasteiger partial charge is 0.493 e. The second-order valence-electron chi connectivity index (χ2n) is 7.51. The quantitative estimate of drug-likeness (QED) is 0.313. The van der Waals surface area contributed by atoms with Gasteiger partial charge >= 0.3 is 0 Å². The summed E-state index contributed by atoms with van der Waals surface area (Å²) < 4.78 is 11.0. The number of aromatic nitrogens is 1. The fourth-order valence-corrected chi connectivity index (χ4v) is 4.55. The van der Waals surface area contributed by atoms with Gasteiger partial charge in [-0.15, -0.1) is 11.3 Å². The minimum atomic E-state index is 0.629. The minimum Gasteiger partial charge on any atom is -0.493 e. The molecule has 2 aromatic rings. The molecule has 0 radical (unpaired) electrons. The van der Waals surface area contributed by atoms with E-state index in [2.05, 4.69) is 38.0 Å². The molecule has 1 fully saturated rings. The van der Waals surface area contributed by atoms with Crippen molar-refractivity contribution in [2.75, 3.05) is 51.8 Å². The van der Waals surface area contributed by atoms with Crippen molar-refractivity contribution in [2.45, 2.75) is 39.0 Å². The number of guanidine groups is 1. The van der Waals surface area contributed by atoms with Crippen LogP contribution in [0.5, 0.6) is 11.5 Å². The highest BCUT2D eigenvalue weighted by atomic mass is 32.1. The van der Waals surface area contributed by atoms with Gasteiger partial charge in [0.2, 0.25) is 0 Å². The lowest BCUT2D eigenvalue weighted by Crippen LogP contribution is -2.38. The van der Waals surface area contributed by atoms with Crippen molar-refractivity contribution >= 4 is 22.4 Å². The number of rotatable bonds is 11. The number of nitrogens with one attached hydrogen (secondary N) is 2. The lowest BCUT2D eigenvalue weighted by molar-refractivity contribution is 0.310. The second kappa shape index (κ2) is 12.4. The molecule has 7 nitrogen and oxygen atoms in total. The first-order valence-corrected chi connectivity index (χ1v) is 12.0. The van der Waals surface area contributed by atoms with Crippen LogP contribution in [0.2, 0.25) is 0 Å². The Hall–Kier alpha value is -2.48. The van der Waals surface area contributed by atoms with Gasteiger partial charge in [0, 0.05) is 45.0 Å². The van der Waals surface area contributed by atoms with Crippen molar-refractivity contribution in [1.82, 2.24) is 15.6 Å². The van der Waals surface area contributed by atoms with Crippen LogP contribution in [-0.4, -0.2) is 57.9 Å². The summed E-state index contributed by atoms with van der Waals surface area (Å²) in [6.07, 6.45) is 5.43. The molecule has 2 heterocycles. The zero-order valence-corrected chi connectivity index (χ0v) is 19.8. The molecule has 1 aliphatic heterocycles. The molecule has 31 heavy (non-hydrogen) atoms. The maximum atomic E-state index is 5.66. The number of methoxy groups -OCH3 is 1. The van der Waals surface area contributed by atoms with Crippen molar-refractivity contribution in [3.05, 3.63) is 34.8 Å². The monoisotopic (exact) mass is 445 g/mol. The summed E-state index contributed by atoms with van der Waals surface area (Å²) in [6, 6.07) is 6.14. The van der Waals surface area contributed by atoms with E-state index in [0.717, 1.165) is 68.6 Å². The van der Waals surface area contributed by atoms with Crippen LogP contribution < -0.4 is 25.0 Å². The van der Waals surface area contributed by atoms with Gasteiger partial charge in [-0.2, -0.15) is 0 Å². The molecule has 1 aromatic heterocycles. The van der Waals surface area contributed by atoms with Crippen LogP contribution in [0, 0.1) is 0 Å². The number of hydrogen-bond acceptors (Lipinski definition) is 6. The molecule has 1 aromatic carbocycles. The van der Waals surface area contributed by atoms with Crippen LogP contribution in [0.25, 0.3) is 0 Å². The average molecular weight is 446 g/mol. The number of ether oxygens (including phenoxy) is 2. The number of nitrogens with zero attached hydrogens (tertiary/aromatic N) is 3. The van der Waals surface area contributed by atoms with Gasteiger partial charge in [-0.1, -0.05) is 6.07 Å². The first-order valence-electron chi connectivity index (χ1n) is 11.2. The normalized spacial score (nSPS) is 14.0. The molecule has 170 valence electrons. The van der Waals surface area contributed by atoms with Crippen molar-refractivity contribution in [3.63, 3.8) is 0 Å². The van der Waals surface area contributed by atoms with Crippen LogP contribution >= 0.6 is 11.3 Å². The number of benzene rings is 1. The van der Waals surface area contributed by atoms with E-state index in [1.165, 1.54) is 23.5 Å². The number of hydrogen-bond donors (Lipinski definition) is 2. The lowest BCUT2D eigenvalue weighted by Gasteiger charge is -2.13. The van der Waals surface area contributed by atoms with Crippen LogP contribution in [0.4, 0.5) is 5.13 Å². The summed E-state index contributed by atoms with van der Waals surface area (Å²) in [7, 11) is 3.47. The zero-order valence-electron chi connectivity index (χ0n) is 18.9. The molecule has 0 aliphatic carbocycles. The van der Waals surface area contributed by atoms with E-state index in [-0.39, 0.29) is 0 Å². The van der Waals surface area contributed by atoms with E-state index in [0.29, 0.717) is 6.61 Å². The third kappa shape index (κ3) is 7.02. The molecule has 3 rings (SSSR count). The van der Waals surface area contributed by atoms with Gasteiger partial charge in [0.25, 0.3) is 0 Å². The molecule has 2 N–H and O–H groups in total. The highest BCUT2D eigenvalue weighted by Gasteiger charge is 2.15. The van der Waals surface area contributed by atoms with E-state index in [4.69, 9.17) is 14.5 Å². The Kier molecular flexibility index (Phi) is 9.27. The van der Waals surface area contributed by atoms with Crippen LogP contribution in [0.1, 0.15) is 37.4 Å². The van der Waals surface area contributed by atoms with E-state index < -0.39 is 0 Å². The van der Waals surface area contributed by atoms with Gasteiger partial charge in [-0.3, -0.25) is 4.99 Å². The Morgan fingerprint density at radius 1 is 1.16 bits per heavy atom. The van der Waals surface area contributed by atoms with Gasteiger partial charge in [0.05, 0.1) is 19.4 Å². The van der Waals surface area contributed by atoms with E-state index in [9.17, 15) is 0 Å². The Morgan fingerprint density at radius 3 is 2.71 bits per heavy atom. The number of thiazole rings is 1. The van der Waals surface area contributed by atoms with Crippen LogP contribution in [0.3, 0.4) is 0 Å². The predicted molar refractivity (Wildman–Crippen MR) is 129 cm³/mol.